The molecule has 1 atom stereocenters. The lowest BCUT2D eigenvalue weighted by molar-refractivity contribution is 0.312. The molecule has 94 valence electrons. The minimum absolute atomic E-state index is 0.185. The number of para-hydroxylation sites is 1. The molecular weight excluding hydrogens is 234 g/mol. The number of nitrogens with zero attached hydrogens (tertiary/aromatic N) is 1. The highest BCUT2D eigenvalue weighted by atomic mass is 16.5. The van der Waals surface area contributed by atoms with Crippen molar-refractivity contribution in [2.45, 2.75) is 0 Å². The summed E-state index contributed by atoms with van der Waals surface area (Å²) >= 11 is 0. The summed E-state index contributed by atoms with van der Waals surface area (Å²) in [6.07, 6.45) is 12.5. The Hall–Kier alpha value is -2.35. The maximum absolute atomic E-state index is 5.45. The van der Waals surface area contributed by atoms with E-state index in [4.69, 9.17) is 9.73 Å². The van der Waals surface area contributed by atoms with Crippen LogP contribution in [0.1, 0.15) is 0 Å². The number of allylic oxidation sites excluding steroid dienone is 8. The fourth-order valence-corrected chi connectivity index (χ4v) is 2.31. The fourth-order valence-electron chi connectivity index (χ4n) is 2.31. The van der Waals surface area contributed by atoms with E-state index < -0.39 is 0 Å². The van der Waals surface area contributed by atoms with Gasteiger partial charge >= 0.3 is 0 Å². The maximum Gasteiger partial charge on any atom is 0.141 e. The minimum Gasteiger partial charge on any atom is -0.495 e. The van der Waals surface area contributed by atoms with E-state index in [1.54, 1.807) is 7.11 Å². The van der Waals surface area contributed by atoms with Gasteiger partial charge in [0, 0.05) is 5.92 Å². The Bertz CT molecular complexity index is 618. The lowest BCUT2D eigenvalue weighted by Gasteiger charge is -2.24. The Morgan fingerprint density at radius 1 is 1.05 bits per heavy atom. The first kappa shape index (κ1) is 11.7. The average Bonchev–Trinajstić information content (AvgIpc) is 2.49. The van der Waals surface area contributed by atoms with Crippen molar-refractivity contribution in [1.82, 2.24) is 0 Å². The second kappa shape index (κ2) is 5.11. The number of hydrogen-bond donors (Lipinski definition) is 0. The highest BCUT2D eigenvalue weighted by Gasteiger charge is 2.25. The van der Waals surface area contributed by atoms with Crippen LogP contribution in [-0.4, -0.2) is 12.8 Å². The molecule has 0 heterocycles. The molecule has 0 bridgehead atoms. The van der Waals surface area contributed by atoms with Crippen molar-refractivity contribution in [2.24, 2.45) is 10.9 Å². The second-order valence-corrected chi connectivity index (χ2v) is 4.46. The van der Waals surface area contributed by atoms with E-state index in [0.29, 0.717) is 0 Å². The van der Waals surface area contributed by atoms with Crippen LogP contribution < -0.4 is 0 Å². The first-order valence-electron chi connectivity index (χ1n) is 6.33. The van der Waals surface area contributed by atoms with Crippen molar-refractivity contribution in [3.63, 3.8) is 0 Å². The summed E-state index contributed by atoms with van der Waals surface area (Å²) in [5.41, 5.74) is 3.16. The van der Waals surface area contributed by atoms with Gasteiger partial charge in [-0.2, -0.15) is 0 Å². The molecule has 19 heavy (non-hydrogen) atoms. The van der Waals surface area contributed by atoms with Crippen molar-refractivity contribution < 1.29 is 4.74 Å². The summed E-state index contributed by atoms with van der Waals surface area (Å²) in [4.78, 5) is 4.75. The highest BCUT2D eigenvalue weighted by molar-refractivity contribution is 6.06. The first-order chi connectivity index (χ1) is 9.38. The van der Waals surface area contributed by atoms with Crippen LogP contribution in [0, 0.1) is 5.92 Å². The van der Waals surface area contributed by atoms with E-state index in [1.165, 1.54) is 5.57 Å². The molecular formula is C17H15NO. The maximum atomic E-state index is 5.45. The third-order valence-corrected chi connectivity index (χ3v) is 3.26. The first-order valence-corrected chi connectivity index (χ1v) is 6.33. The Labute approximate surface area is 113 Å². The van der Waals surface area contributed by atoms with E-state index in [2.05, 4.69) is 24.3 Å². The van der Waals surface area contributed by atoms with Crippen LogP contribution in [0.3, 0.4) is 0 Å². The van der Waals surface area contributed by atoms with Gasteiger partial charge < -0.3 is 4.74 Å². The fraction of sp³-hybridized carbons (Fsp3) is 0.118. The van der Waals surface area contributed by atoms with Gasteiger partial charge in [0.1, 0.15) is 5.76 Å². The molecule has 2 nitrogen and oxygen atoms in total. The SMILES string of the molecule is COC1=CC=C2C=CC=CC2C1=Nc1ccccc1. The van der Waals surface area contributed by atoms with Gasteiger partial charge in [0.2, 0.25) is 0 Å². The molecule has 0 amide bonds. The summed E-state index contributed by atoms with van der Waals surface area (Å²) in [7, 11) is 1.69. The number of methoxy groups -OCH3 is 1. The number of hydrogen-bond acceptors (Lipinski definition) is 2. The number of benzene rings is 1. The van der Waals surface area contributed by atoms with Crippen molar-refractivity contribution >= 4 is 11.4 Å². The summed E-state index contributed by atoms with van der Waals surface area (Å²) in [6, 6.07) is 9.98. The largest absolute Gasteiger partial charge is 0.495 e. The van der Waals surface area contributed by atoms with Crippen LogP contribution >= 0.6 is 0 Å². The van der Waals surface area contributed by atoms with Gasteiger partial charge in [-0.3, -0.25) is 0 Å². The number of ether oxygens (including phenoxy) is 1. The quantitative estimate of drug-likeness (QED) is 0.777. The van der Waals surface area contributed by atoms with Crippen molar-refractivity contribution in [1.29, 1.82) is 0 Å². The summed E-state index contributed by atoms with van der Waals surface area (Å²) in [5, 5.41) is 0. The topological polar surface area (TPSA) is 21.6 Å². The van der Waals surface area contributed by atoms with Crippen molar-refractivity contribution in [3.8, 4) is 0 Å². The van der Waals surface area contributed by atoms with Crippen LogP contribution in [0.5, 0.6) is 0 Å². The van der Waals surface area contributed by atoms with Crippen molar-refractivity contribution in [2.75, 3.05) is 7.11 Å². The molecule has 3 rings (SSSR count). The monoisotopic (exact) mass is 249 g/mol. The smallest absolute Gasteiger partial charge is 0.141 e. The van der Waals surface area contributed by atoms with Gasteiger partial charge in [0.15, 0.2) is 0 Å². The third kappa shape index (κ3) is 2.29. The number of fused-ring (bicyclic) bond motifs is 1. The summed E-state index contributed by atoms with van der Waals surface area (Å²) in [6.45, 7) is 0. The van der Waals surface area contributed by atoms with E-state index in [9.17, 15) is 0 Å². The lowest BCUT2D eigenvalue weighted by atomic mass is 9.85. The zero-order valence-electron chi connectivity index (χ0n) is 10.8. The molecule has 2 aliphatic rings. The van der Waals surface area contributed by atoms with Crippen molar-refractivity contribution in [3.05, 3.63) is 78.1 Å². The van der Waals surface area contributed by atoms with E-state index in [-0.39, 0.29) is 5.92 Å². The number of aliphatic imine (C=N–C) groups is 1. The zero-order chi connectivity index (χ0) is 13.1. The predicted molar refractivity (Wildman–Crippen MR) is 78.5 cm³/mol. The number of rotatable bonds is 2. The molecule has 2 aliphatic carbocycles. The Kier molecular flexibility index (Phi) is 3.15. The molecule has 0 radical (unpaired) electrons. The van der Waals surface area contributed by atoms with Gasteiger partial charge in [-0.05, 0) is 23.8 Å². The average molecular weight is 249 g/mol. The van der Waals surface area contributed by atoms with Crippen LogP contribution in [0.4, 0.5) is 5.69 Å². The van der Waals surface area contributed by atoms with Gasteiger partial charge in [0.25, 0.3) is 0 Å². The molecule has 0 fully saturated rings. The van der Waals surface area contributed by atoms with Crippen LogP contribution in [0.15, 0.2) is 83.1 Å². The standard InChI is InChI=1S/C17H15NO/c1-19-16-12-11-13-7-5-6-10-15(13)17(16)18-14-8-3-2-4-9-14/h2-12,15H,1H3. The predicted octanol–water partition coefficient (Wildman–Crippen LogP) is 3.97. The Morgan fingerprint density at radius 3 is 2.68 bits per heavy atom. The molecule has 0 saturated carbocycles. The van der Waals surface area contributed by atoms with Crippen LogP contribution in [-0.2, 0) is 4.74 Å². The van der Waals surface area contributed by atoms with Crippen LogP contribution in [0.2, 0.25) is 0 Å². The zero-order valence-corrected chi connectivity index (χ0v) is 10.8. The molecule has 1 aromatic carbocycles. The summed E-state index contributed by atoms with van der Waals surface area (Å²) in [5.74, 6) is 1.02. The molecule has 0 saturated heterocycles. The normalized spacial score (nSPS) is 22.8. The second-order valence-electron chi connectivity index (χ2n) is 4.46. The van der Waals surface area contributed by atoms with E-state index in [1.807, 2.05) is 42.5 Å². The van der Waals surface area contributed by atoms with Gasteiger partial charge in [-0.25, -0.2) is 4.99 Å². The summed E-state index contributed by atoms with van der Waals surface area (Å²) < 4.78 is 5.45. The van der Waals surface area contributed by atoms with Gasteiger partial charge in [-0.15, -0.1) is 0 Å². The highest BCUT2D eigenvalue weighted by Crippen LogP contribution is 2.30. The molecule has 2 heteroatoms. The van der Waals surface area contributed by atoms with Crippen LogP contribution in [0.25, 0.3) is 0 Å². The lowest BCUT2D eigenvalue weighted by Crippen LogP contribution is -2.21. The molecule has 0 N–H and O–H groups in total. The van der Waals surface area contributed by atoms with E-state index in [0.717, 1.165) is 17.2 Å². The Balaban J connectivity index is 2.05. The van der Waals surface area contributed by atoms with Gasteiger partial charge in [0.05, 0.1) is 18.5 Å². The third-order valence-electron chi connectivity index (χ3n) is 3.26. The van der Waals surface area contributed by atoms with E-state index >= 15 is 0 Å². The molecule has 0 aliphatic heterocycles. The molecule has 0 aromatic heterocycles. The molecule has 1 unspecified atom stereocenters. The minimum atomic E-state index is 0.185. The molecule has 0 spiro atoms. The Morgan fingerprint density at radius 2 is 1.89 bits per heavy atom. The molecule has 1 aromatic rings. The van der Waals surface area contributed by atoms with Gasteiger partial charge in [-0.1, -0.05) is 48.6 Å².